The number of rotatable bonds is 1. The Bertz CT molecular complexity index is 447. The average molecular weight is 328 g/mol. The summed E-state index contributed by atoms with van der Waals surface area (Å²) in [7, 11) is 0. The van der Waals surface area contributed by atoms with Crippen molar-refractivity contribution in [1.82, 2.24) is 4.90 Å². The quantitative estimate of drug-likeness (QED) is 0.769. The van der Waals surface area contributed by atoms with E-state index in [9.17, 15) is 4.79 Å². The zero-order valence-corrected chi connectivity index (χ0v) is 13.5. The summed E-state index contributed by atoms with van der Waals surface area (Å²) in [5.74, 6) is 1.13. The lowest BCUT2D eigenvalue weighted by molar-refractivity contribution is 0.0722. The molecule has 2 rings (SSSR count). The number of hydrogen-bond acceptors (Lipinski definition) is 2. The van der Waals surface area contributed by atoms with Crippen molar-refractivity contribution in [2.45, 2.75) is 40.0 Å². The van der Waals surface area contributed by atoms with Gasteiger partial charge in [0.1, 0.15) is 0 Å². The second-order valence-corrected chi connectivity index (χ2v) is 7.17. The second-order valence-electron chi connectivity index (χ2n) is 6.39. The van der Waals surface area contributed by atoms with Gasteiger partial charge in [0, 0.05) is 13.1 Å². The van der Waals surface area contributed by atoms with Crippen LogP contribution in [0.5, 0.6) is 0 Å². The molecule has 0 radical (unpaired) electrons. The topological polar surface area (TPSA) is 33.5 Å². The molecule has 1 saturated heterocycles. The lowest BCUT2D eigenvalue weighted by Gasteiger charge is -2.29. The molecule has 3 nitrogen and oxygen atoms in total. The van der Waals surface area contributed by atoms with Gasteiger partial charge >= 0.3 is 0 Å². The summed E-state index contributed by atoms with van der Waals surface area (Å²) in [6.07, 6.45) is 3.36. The van der Waals surface area contributed by atoms with Gasteiger partial charge in [0.2, 0.25) is 0 Å². The molecule has 0 bridgehead atoms. The third kappa shape index (κ3) is 3.62. The molecular weight excluding hydrogens is 306 g/mol. The van der Waals surface area contributed by atoms with Gasteiger partial charge < -0.3 is 9.32 Å². The van der Waals surface area contributed by atoms with E-state index < -0.39 is 0 Å². The highest BCUT2D eigenvalue weighted by molar-refractivity contribution is 9.10. The summed E-state index contributed by atoms with van der Waals surface area (Å²) in [4.78, 5) is 14.3. The number of nitrogens with zero attached hydrogens (tertiary/aromatic N) is 1. The molecule has 1 aromatic heterocycles. The first-order valence-corrected chi connectivity index (χ1v) is 7.72. The summed E-state index contributed by atoms with van der Waals surface area (Å²) >= 11 is 3.24. The Morgan fingerprint density at radius 3 is 2.63 bits per heavy atom. The molecule has 0 spiro atoms. The van der Waals surface area contributed by atoms with Crippen LogP contribution in [0.25, 0.3) is 0 Å². The first-order valence-electron chi connectivity index (χ1n) is 6.92. The Hall–Kier alpha value is -0.770. The molecule has 1 unspecified atom stereocenters. The van der Waals surface area contributed by atoms with Crippen LogP contribution in [-0.2, 0) is 0 Å². The van der Waals surface area contributed by atoms with Gasteiger partial charge in [0.15, 0.2) is 10.4 Å². The summed E-state index contributed by atoms with van der Waals surface area (Å²) in [6.45, 7) is 8.54. The van der Waals surface area contributed by atoms with E-state index in [-0.39, 0.29) is 5.91 Å². The largest absolute Gasteiger partial charge is 0.444 e. The number of amides is 1. The predicted octanol–water partition coefficient (Wildman–Crippen LogP) is 4.33. The first kappa shape index (κ1) is 14.6. The number of carbonyl (C=O) groups excluding carboxylic acids is 1. The minimum atomic E-state index is 0.0141. The van der Waals surface area contributed by atoms with Crippen LogP contribution in [0.15, 0.2) is 21.2 Å². The summed E-state index contributed by atoms with van der Waals surface area (Å²) in [5.41, 5.74) is 0.326. The molecule has 1 atom stereocenters. The summed E-state index contributed by atoms with van der Waals surface area (Å²) < 4.78 is 5.97. The standard InChI is InChI=1S/C15H22BrNO2/c1-15(2,3)11-5-4-9-17(10-8-11)14(18)12-6-7-13(16)19-12/h6-7,11H,4-5,8-10H2,1-3H3. The predicted molar refractivity (Wildman–Crippen MR) is 79.1 cm³/mol. The Balaban J connectivity index is 2.01. The van der Waals surface area contributed by atoms with E-state index in [2.05, 4.69) is 36.7 Å². The van der Waals surface area contributed by atoms with Crippen LogP contribution in [0.1, 0.15) is 50.6 Å². The Morgan fingerprint density at radius 2 is 2.05 bits per heavy atom. The minimum absolute atomic E-state index is 0.0141. The van der Waals surface area contributed by atoms with Crippen LogP contribution in [0, 0.1) is 11.3 Å². The molecule has 0 aromatic carbocycles. The van der Waals surface area contributed by atoms with E-state index in [0.29, 0.717) is 21.8 Å². The van der Waals surface area contributed by atoms with Gasteiger partial charge in [-0.05, 0) is 58.7 Å². The van der Waals surface area contributed by atoms with E-state index in [1.165, 1.54) is 6.42 Å². The smallest absolute Gasteiger partial charge is 0.289 e. The number of furan rings is 1. The molecule has 1 amide bonds. The highest BCUT2D eigenvalue weighted by atomic mass is 79.9. The Labute approximate surface area is 123 Å². The van der Waals surface area contributed by atoms with Crippen LogP contribution in [-0.4, -0.2) is 23.9 Å². The van der Waals surface area contributed by atoms with Crippen molar-refractivity contribution in [3.8, 4) is 0 Å². The van der Waals surface area contributed by atoms with E-state index in [1.54, 1.807) is 12.1 Å². The number of hydrogen-bond donors (Lipinski definition) is 0. The molecule has 1 aliphatic heterocycles. The van der Waals surface area contributed by atoms with Crippen molar-refractivity contribution in [2.24, 2.45) is 11.3 Å². The van der Waals surface area contributed by atoms with Crippen LogP contribution >= 0.6 is 15.9 Å². The zero-order chi connectivity index (χ0) is 14.0. The summed E-state index contributed by atoms with van der Waals surface area (Å²) in [6, 6.07) is 3.50. The van der Waals surface area contributed by atoms with Crippen molar-refractivity contribution in [2.75, 3.05) is 13.1 Å². The van der Waals surface area contributed by atoms with E-state index >= 15 is 0 Å². The van der Waals surface area contributed by atoms with Crippen molar-refractivity contribution in [1.29, 1.82) is 0 Å². The maximum atomic E-state index is 12.3. The zero-order valence-electron chi connectivity index (χ0n) is 11.9. The fourth-order valence-electron chi connectivity index (χ4n) is 2.75. The van der Waals surface area contributed by atoms with Gasteiger partial charge in [-0.1, -0.05) is 20.8 Å². The van der Waals surface area contributed by atoms with Gasteiger partial charge in [-0.3, -0.25) is 4.79 Å². The number of likely N-dealkylation sites (tertiary alicyclic amines) is 1. The number of carbonyl (C=O) groups is 1. The SMILES string of the molecule is CC(C)(C)C1CCCN(C(=O)c2ccc(Br)o2)CC1. The van der Waals surface area contributed by atoms with Crippen LogP contribution in [0.3, 0.4) is 0 Å². The van der Waals surface area contributed by atoms with E-state index in [4.69, 9.17) is 4.42 Å². The molecule has 1 aliphatic rings. The van der Waals surface area contributed by atoms with Crippen LogP contribution < -0.4 is 0 Å². The maximum absolute atomic E-state index is 12.3. The van der Waals surface area contributed by atoms with E-state index in [1.807, 2.05) is 4.90 Å². The molecular formula is C15H22BrNO2. The van der Waals surface area contributed by atoms with Gasteiger partial charge in [0.25, 0.3) is 5.91 Å². The van der Waals surface area contributed by atoms with Crippen molar-refractivity contribution < 1.29 is 9.21 Å². The highest BCUT2D eigenvalue weighted by Crippen LogP contribution is 2.34. The summed E-state index contributed by atoms with van der Waals surface area (Å²) in [5, 5.41) is 0. The number of halogens is 1. The lowest BCUT2D eigenvalue weighted by Crippen LogP contribution is -2.32. The molecule has 1 fully saturated rings. The highest BCUT2D eigenvalue weighted by Gasteiger charge is 2.29. The molecule has 0 N–H and O–H groups in total. The third-order valence-corrected chi connectivity index (χ3v) is 4.45. The van der Waals surface area contributed by atoms with Crippen molar-refractivity contribution >= 4 is 21.8 Å². The van der Waals surface area contributed by atoms with E-state index in [0.717, 1.165) is 25.9 Å². The normalized spacial score (nSPS) is 21.3. The fourth-order valence-corrected chi connectivity index (χ4v) is 3.06. The molecule has 19 heavy (non-hydrogen) atoms. The van der Waals surface area contributed by atoms with Crippen molar-refractivity contribution in [3.63, 3.8) is 0 Å². The molecule has 0 aliphatic carbocycles. The van der Waals surface area contributed by atoms with Gasteiger partial charge in [-0.25, -0.2) is 0 Å². The Kier molecular flexibility index (Phi) is 4.39. The first-order chi connectivity index (χ1) is 8.88. The fraction of sp³-hybridized carbons (Fsp3) is 0.667. The average Bonchev–Trinajstić information content (AvgIpc) is 2.62. The Morgan fingerprint density at radius 1 is 1.32 bits per heavy atom. The maximum Gasteiger partial charge on any atom is 0.289 e. The van der Waals surface area contributed by atoms with Crippen LogP contribution in [0.2, 0.25) is 0 Å². The molecule has 1 aromatic rings. The van der Waals surface area contributed by atoms with Gasteiger partial charge in [-0.2, -0.15) is 0 Å². The molecule has 106 valence electrons. The van der Waals surface area contributed by atoms with Crippen molar-refractivity contribution in [3.05, 3.63) is 22.6 Å². The second kappa shape index (κ2) is 5.70. The van der Waals surface area contributed by atoms with Crippen LogP contribution in [0.4, 0.5) is 0 Å². The van der Waals surface area contributed by atoms with Gasteiger partial charge in [0.05, 0.1) is 0 Å². The van der Waals surface area contributed by atoms with Gasteiger partial charge in [-0.15, -0.1) is 0 Å². The minimum Gasteiger partial charge on any atom is -0.444 e. The molecule has 0 saturated carbocycles. The monoisotopic (exact) mass is 327 g/mol. The lowest BCUT2D eigenvalue weighted by atomic mass is 9.77. The molecule has 4 heteroatoms. The third-order valence-electron chi connectivity index (χ3n) is 4.02. The molecule has 2 heterocycles.